The second-order valence-electron chi connectivity index (χ2n) is 14.4. The van der Waals surface area contributed by atoms with Crippen molar-refractivity contribution in [2.75, 3.05) is 17.3 Å². The van der Waals surface area contributed by atoms with Crippen molar-refractivity contribution in [2.45, 2.75) is 252 Å². The average molecular weight is 624 g/mol. The van der Waals surface area contributed by atoms with Crippen LogP contribution in [0, 0.1) is 0 Å². The Labute approximate surface area is 279 Å². The Balaban J connectivity index is 3.90. The predicted octanol–water partition coefficient (Wildman–Crippen LogP) is 15.7. The fraction of sp³-hybridized carbons (Fsp3) is 1.00. The van der Waals surface area contributed by atoms with E-state index in [4.69, 9.17) is 0 Å². The quantitative estimate of drug-likeness (QED) is 0.0472. The van der Waals surface area contributed by atoms with Crippen LogP contribution in [0.2, 0.25) is 0 Å². The highest BCUT2D eigenvalue weighted by molar-refractivity contribution is 7.96. The van der Waals surface area contributed by atoms with E-state index in [1.807, 2.05) is 0 Å². The van der Waals surface area contributed by atoms with Crippen LogP contribution in [0.15, 0.2) is 0 Å². The lowest BCUT2D eigenvalue weighted by molar-refractivity contribution is 0.546. The molecule has 0 heterocycles. The summed E-state index contributed by atoms with van der Waals surface area (Å²) in [6, 6.07) is 0. The third-order valence-corrected chi connectivity index (χ3v) is 12.5. The Hall–Kier alpha value is 0.350. The zero-order chi connectivity index (χ0) is 31.2. The first-order valence-corrected chi connectivity index (χ1v) is 22.7. The van der Waals surface area contributed by atoms with Gasteiger partial charge < -0.3 is 0 Å². The van der Waals surface area contributed by atoms with Gasteiger partial charge in [0.15, 0.2) is 0 Å². The third kappa shape index (κ3) is 38.4. The van der Waals surface area contributed by atoms with Gasteiger partial charge in [-0.1, -0.05) is 213 Å². The summed E-state index contributed by atoms with van der Waals surface area (Å²) in [7, 11) is 0.732. The zero-order valence-electron chi connectivity index (χ0n) is 31.0. The topological polar surface area (TPSA) is 0 Å². The Kier molecular flexibility index (Phi) is 40.7. The predicted molar refractivity (Wildman–Crippen MR) is 205 cm³/mol. The smallest absolute Gasteiger partial charge is 0.0654 e. The van der Waals surface area contributed by atoms with Gasteiger partial charge in [0.2, 0.25) is 0 Å². The molecule has 0 radical (unpaired) electrons. The molecule has 0 amide bonds. The Morgan fingerprint density at radius 2 is 0.326 bits per heavy atom. The summed E-state index contributed by atoms with van der Waals surface area (Å²) in [5.41, 5.74) is 0. The molecule has 0 atom stereocenters. The maximum absolute atomic E-state index is 2.32. The van der Waals surface area contributed by atoms with E-state index in [0.717, 1.165) is 10.9 Å². The van der Waals surface area contributed by atoms with Crippen LogP contribution in [0.4, 0.5) is 0 Å². The van der Waals surface area contributed by atoms with Crippen LogP contribution in [0.25, 0.3) is 0 Å². The fourth-order valence-electron chi connectivity index (χ4n) is 6.75. The molecule has 0 aromatic heterocycles. The monoisotopic (exact) mass is 624 g/mol. The Bertz CT molecular complexity index is 393. The van der Waals surface area contributed by atoms with Gasteiger partial charge in [-0.25, -0.2) is 0 Å². The van der Waals surface area contributed by atoms with E-state index in [9.17, 15) is 0 Å². The molecule has 0 aromatic carbocycles. The van der Waals surface area contributed by atoms with E-state index in [1.54, 1.807) is 17.3 Å². The van der Waals surface area contributed by atoms with Crippen molar-refractivity contribution in [3.8, 4) is 0 Å². The molecule has 0 bridgehead atoms. The molecule has 0 aromatic rings. The van der Waals surface area contributed by atoms with Gasteiger partial charge in [-0.2, -0.15) is 0 Å². The molecular weight excluding hydrogens is 537 g/mol. The lowest BCUT2D eigenvalue weighted by Gasteiger charge is -2.10. The van der Waals surface area contributed by atoms with Gasteiger partial charge in [0.1, 0.15) is 17.3 Å². The maximum Gasteiger partial charge on any atom is 0.108 e. The molecular formula is C42H87S+. The normalized spacial score (nSPS) is 11.7. The first-order chi connectivity index (χ1) is 21.3. The highest BCUT2D eigenvalue weighted by Gasteiger charge is 2.16. The zero-order valence-corrected chi connectivity index (χ0v) is 31.8. The summed E-state index contributed by atoms with van der Waals surface area (Å²) in [4.78, 5) is 0. The molecule has 0 spiro atoms. The van der Waals surface area contributed by atoms with E-state index < -0.39 is 0 Å². The first-order valence-electron chi connectivity index (χ1n) is 21.0. The fourth-order valence-corrected chi connectivity index (χ4v) is 9.20. The number of rotatable bonds is 39. The van der Waals surface area contributed by atoms with E-state index in [2.05, 4.69) is 20.8 Å². The molecule has 1 heteroatoms. The molecule has 0 nitrogen and oxygen atoms in total. The third-order valence-electron chi connectivity index (χ3n) is 9.86. The van der Waals surface area contributed by atoms with Crippen molar-refractivity contribution < 1.29 is 0 Å². The number of hydrogen-bond donors (Lipinski definition) is 0. The van der Waals surface area contributed by atoms with Crippen LogP contribution in [-0.4, -0.2) is 17.3 Å². The van der Waals surface area contributed by atoms with Crippen LogP contribution in [0.1, 0.15) is 252 Å². The summed E-state index contributed by atoms with van der Waals surface area (Å²) in [6.07, 6.45) is 53.3. The second kappa shape index (κ2) is 40.4. The molecule has 0 aliphatic heterocycles. The lowest BCUT2D eigenvalue weighted by atomic mass is 10.1. The Morgan fingerprint density at radius 3 is 0.488 bits per heavy atom. The molecule has 0 saturated carbocycles. The molecule has 0 aliphatic carbocycles. The average Bonchev–Trinajstić information content (AvgIpc) is 3.02. The van der Waals surface area contributed by atoms with Crippen molar-refractivity contribution >= 4 is 10.9 Å². The Morgan fingerprint density at radius 1 is 0.186 bits per heavy atom. The summed E-state index contributed by atoms with van der Waals surface area (Å²) in [5.74, 6) is 4.69. The van der Waals surface area contributed by atoms with Gasteiger partial charge in [0.05, 0.1) is 0 Å². The minimum atomic E-state index is 0.732. The molecule has 0 aliphatic rings. The standard InChI is InChI=1S/C42H87S/c1-4-7-10-13-16-19-22-25-28-31-34-37-40-43(41-38-35-32-29-26-23-20-17-14-11-8-5-2)42-39-36-33-30-27-24-21-18-15-12-9-6-3/h4-42H2,1-3H3/q+1. The number of unbranched alkanes of at least 4 members (excludes halogenated alkanes) is 33. The molecule has 43 heavy (non-hydrogen) atoms. The van der Waals surface area contributed by atoms with Gasteiger partial charge in [0.25, 0.3) is 0 Å². The van der Waals surface area contributed by atoms with Crippen molar-refractivity contribution in [1.82, 2.24) is 0 Å². The van der Waals surface area contributed by atoms with Crippen molar-refractivity contribution in [3.05, 3.63) is 0 Å². The first kappa shape index (κ1) is 43.4. The van der Waals surface area contributed by atoms with Gasteiger partial charge >= 0.3 is 0 Å². The van der Waals surface area contributed by atoms with Crippen molar-refractivity contribution in [2.24, 2.45) is 0 Å². The summed E-state index contributed by atoms with van der Waals surface area (Å²) in [5, 5.41) is 0. The van der Waals surface area contributed by atoms with E-state index in [1.165, 1.54) is 231 Å². The van der Waals surface area contributed by atoms with E-state index in [0.29, 0.717) is 0 Å². The van der Waals surface area contributed by atoms with Crippen LogP contribution < -0.4 is 0 Å². The summed E-state index contributed by atoms with van der Waals surface area (Å²) >= 11 is 0. The molecule has 260 valence electrons. The molecule has 0 unspecified atom stereocenters. The van der Waals surface area contributed by atoms with Crippen LogP contribution in [-0.2, 0) is 10.9 Å². The molecule has 0 rings (SSSR count). The van der Waals surface area contributed by atoms with E-state index >= 15 is 0 Å². The van der Waals surface area contributed by atoms with Gasteiger partial charge in [-0.05, 0) is 49.4 Å². The maximum atomic E-state index is 2.32. The van der Waals surface area contributed by atoms with Crippen LogP contribution in [0.5, 0.6) is 0 Å². The van der Waals surface area contributed by atoms with Crippen molar-refractivity contribution in [1.29, 1.82) is 0 Å². The van der Waals surface area contributed by atoms with Crippen LogP contribution >= 0.6 is 0 Å². The summed E-state index contributed by atoms with van der Waals surface area (Å²) in [6.45, 7) is 6.96. The largest absolute Gasteiger partial charge is 0.108 e. The number of hydrogen-bond acceptors (Lipinski definition) is 0. The highest BCUT2D eigenvalue weighted by atomic mass is 32.2. The van der Waals surface area contributed by atoms with Crippen LogP contribution in [0.3, 0.4) is 0 Å². The molecule has 0 fully saturated rings. The molecule has 0 N–H and O–H groups in total. The van der Waals surface area contributed by atoms with Gasteiger partial charge in [0, 0.05) is 0 Å². The minimum absolute atomic E-state index is 0.732. The summed E-state index contributed by atoms with van der Waals surface area (Å²) < 4.78 is 0. The van der Waals surface area contributed by atoms with Crippen molar-refractivity contribution in [3.63, 3.8) is 0 Å². The lowest BCUT2D eigenvalue weighted by Crippen LogP contribution is -2.17. The van der Waals surface area contributed by atoms with E-state index in [-0.39, 0.29) is 0 Å². The van der Waals surface area contributed by atoms with Gasteiger partial charge in [-0.15, -0.1) is 0 Å². The SMILES string of the molecule is CCCCCCCCCCCCCC[S+](CCCCCCCCCCCCCC)CCCCCCCCCCCCCC. The van der Waals surface area contributed by atoms with Gasteiger partial charge in [-0.3, -0.25) is 0 Å². The minimum Gasteiger partial charge on any atom is -0.0654 e. The molecule has 0 saturated heterocycles. The highest BCUT2D eigenvalue weighted by Crippen LogP contribution is 2.17. The second-order valence-corrected chi connectivity index (χ2v) is 16.8.